The highest BCUT2D eigenvalue weighted by molar-refractivity contribution is 5.76. The van der Waals surface area contributed by atoms with Gasteiger partial charge in [-0.25, -0.2) is 0 Å². The molecule has 0 unspecified atom stereocenters. The van der Waals surface area contributed by atoms with Crippen molar-refractivity contribution >= 4 is 11.6 Å². The standard InChI is InChI=1S/C25H39N3O/c1-19(2)26-22-14-17-28(18-22)24(29)11-6-20-12-15-27(16-13-20)23-9-7-21(8-10-23)25(3,4)5/h7-10,20,22,26H,1,6,11-18H2,2-5H3/t22-/m1/s1. The number of likely N-dealkylation sites (tertiary alicyclic amines) is 1. The number of carbonyl (C=O) groups excluding carboxylic acids is 1. The normalized spacial score (nSPS) is 20.8. The highest BCUT2D eigenvalue weighted by Crippen LogP contribution is 2.29. The Balaban J connectivity index is 1.40. The Morgan fingerprint density at radius 1 is 1.10 bits per heavy atom. The monoisotopic (exact) mass is 397 g/mol. The molecule has 4 heteroatoms. The van der Waals surface area contributed by atoms with Gasteiger partial charge in [-0.3, -0.25) is 4.79 Å². The number of benzene rings is 1. The van der Waals surface area contributed by atoms with Gasteiger partial charge in [-0.15, -0.1) is 0 Å². The van der Waals surface area contributed by atoms with Crippen LogP contribution < -0.4 is 10.2 Å². The van der Waals surface area contributed by atoms with Gasteiger partial charge in [0.1, 0.15) is 0 Å². The fourth-order valence-electron chi connectivity index (χ4n) is 4.59. The molecule has 2 fully saturated rings. The van der Waals surface area contributed by atoms with Gasteiger partial charge in [0, 0.05) is 50.0 Å². The van der Waals surface area contributed by atoms with Gasteiger partial charge in [0.25, 0.3) is 0 Å². The zero-order valence-corrected chi connectivity index (χ0v) is 18.8. The van der Waals surface area contributed by atoms with Gasteiger partial charge in [0.2, 0.25) is 5.91 Å². The molecular weight excluding hydrogens is 358 g/mol. The summed E-state index contributed by atoms with van der Waals surface area (Å²) in [5, 5.41) is 3.37. The summed E-state index contributed by atoms with van der Waals surface area (Å²) in [6, 6.07) is 9.46. The van der Waals surface area contributed by atoms with E-state index in [1.165, 1.54) is 24.1 Å². The summed E-state index contributed by atoms with van der Waals surface area (Å²) in [6.07, 6.45) is 5.14. The number of hydrogen-bond donors (Lipinski definition) is 1. The van der Waals surface area contributed by atoms with Gasteiger partial charge < -0.3 is 15.1 Å². The maximum Gasteiger partial charge on any atom is 0.222 e. The van der Waals surface area contributed by atoms with Crippen LogP contribution in [0.25, 0.3) is 0 Å². The highest BCUT2D eigenvalue weighted by Gasteiger charge is 2.27. The van der Waals surface area contributed by atoms with Crippen LogP contribution in [0, 0.1) is 5.92 Å². The molecule has 0 spiro atoms. The van der Waals surface area contributed by atoms with Crippen LogP contribution in [0.15, 0.2) is 36.5 Å². The third-order valence-corrected chi connectivity index (χ3v) is 6.47. The van der Waals surface area contributed by atoms with Crippen molar-refractivity contribution in [1.82, 2.24) is 10.2 Å². The zero-order chi connectivity index (χ0) is 21.0. The fourth-order valence-corrected chi connectivity index (χ4v) is 4.59. The summed E-state index contributed by atoms with van der Waals surface area (Å²) in [5.41, 5.74) is 3.91. The molecule has 1 aromatic rings. The average Bonchev–Trinajstić information content (AvgIpc) is 3.14. The molecule has 0 bridgehead atoms. The van der Waals surface area contributed by atoms with Gasteiger partial charge >= 0.3 is 0 Å². The molecule has 2 aliphatic heterocycles. The Morgan fingerprint density at radius 3 is 2.34 bits per heavy atom. The van der Waals surface area contributed by atoms with Crippen LogP contribution in [0.3, 0.4) is 0 Å². The largest absolute Gasteiger partial charge is 0.384 e. The van der Waals surface area contributed by atoms with E-state index in [4.69, 9.17) is 0 Å². The summed E-state index contributed by atoms with van der Waals surface area (Å²) in [6.45, 7) is 16.6. The van der Waals surface area contributed by atoms with Crippen molar-refractivity contribution in [2.24, 2.45) is 5.92 Å². The first-order chi connectivity index (χ1) is 13.7. The summed E-state index contributed by atoms with van der Waals surface area (Å²) >= 11 is 0. The van der Waals surface area contributed by atoms with E-state index in [1.54, 1.807) is 0 Å². The Bertz CT molecular complexity index is 696. The molecule has 0 aromatic heterocycles. The van der Waals surface area contributed by atoms with Crippen molar-refractivity contribution in [3.8, 4) is 0 Å². The van der Waals surface area contributed by atoms with Crippen molar-refractivity contribution in [1.29, 1.82) is 0 Å². The Morgan fingerprint density at radius 2 is 1.76 bits per heavy atom. The molecule has 3 rings (SSSR count). The molecule has 2 saturated heterocycles. The fraction of sp³-hybridized carbons (Fsp3) is 0.640. The van der Waals surface area contributed by atoms with Gasteiger partial charge in [-0.05, 0) is 61.6 Å². The third kappa shape index (κ3) is 6.01. The highest BCUT2D eigenvalue weighted by atomic mass is 16.2. The van der Waals surface area contributed by atoms with E-state index in [-0.39, 0.29) is 5.41 Å². The minimum absolute atomic E-state index is 0.202. The molecular formula is C25H39N3O. The van der Waals surface area contributed by atoms with Gasteiger partial charge in [0.05, 0.1) is 0 Å². The number of carbonyl (C=O) groups is 1. The molecule has 0 saturated carbocycles. The maximum absolute atomic E-state index is 12.6. The van der Waals surface area contributed by atoms with E-state index in [1.807, 2.05) is 11.8 Å². The van der Waals surface area contributed by atoms with Crippen molar-refractivity contribution < 1.29 is 4.79 Å². The Kier molecular flexibility index (Phi) is 6.92. The first kappa shape index (κ1) is 21.7. The smallest absolute Gasteiger partial charge is 0.222 e. The summed E-state index contributed by atoms with van der Waals surface area (Å²) in [7, 11) is 0. The number of rotatable bonds is 6. The molecule has 4 nitrogen and oxygen atoms in total. The van der Waals surface area contributed by atoms with Gasteiger partial charge in [0.15, 0.2) is 0 Å². The third-order valence-electron chi connectivity index (χ3n) is 6.47. The van der Waals surface area contributed by atoms with Crippen LogP contribution in [0.4, 0.5) is 5.69 Å². The Hall–Kier alpha value is -1.97. The number of anilines is 1. The second-order valence-electron chi connectivity index (χ2n) is 10.0. The topological polar surface area (TPSA) is 35.6 Å². The van der Waals surface area contributed by atoms with Crippen molar-refractivity contribution in [2.45, 2.75) is 71.3 Å². The molecule has 1 atom stereocenters. The number of allylic oxidation sites excluding steroid dienone is 1. The Labute approximate surface area is 177 Å². The summed E-state index contributed by atoms with van der Waals surface area (Å²) in [5.74, 6) is 1.01. The minimum Gasteiger partial charge on any atom is -0.384 e. The second-order valence-corrected chi connectivity index (χ2v) is 10.0. The van der Waals surface area contributed by atoms with Crippen LogP contribution in [0.2, 0.25) is 0 Å². The molecule has 1 amide bonds. The average molecular weight is 398 g/mol. The van der Waals surface area contributed by atoms with E-state index in [0.717, 1.165) is 44.7 Å². The molecule has 2 heterocycles. The number of nitrogens with zero attached hydrogens (tertiary/aromatic N) is 2. The summed E-state index contributed by atoms with van der Waals surface area (Å²) < 4.78 is 0. The van der Waals surface area contributed by atoms with Gasteiger partial charge in [-0.1, -0.05) is 39.5 Å². The molecule has 2 aliphatic rings. The van der Waals surface area contributed by atoms with Crippen molar-refractivity contribution in [2.75, 3.05) is 31.1 Å². The lowest BCUT2D eigenvalue weighted by Crippen LogP contribution is -2.36. The number of nitrogens with one attached hydrogen (secondary N) is 1. The van der Waals surface area contributed by atoms with Crippen LogP contribution in [0.5, 0.6) is 0 Å². The predicted molar refractivity (Wildman–Crippen MR) is 122 cm³/mol. The van der Waals surface area contributed by atoms with Crippen LogP contribution in [-0.4, -0.2) is 43.0 Å². The van der Waals surface area contributed by atoms with Crippen LogP contribution in [0.1, 0.15) is 65.4 Å². The van der Waals surface area contributed by atoms with Crippen LogP contribution >= 0.6 is 0 Å². The number of amides is 1. The molecule has 0 radical (unpaired) electrons. The number of hydrogen-bond acceptors (Lipinski definition) is 3. The maximum atomic E-state index is 12.6. The number of piperidine rings is 1. The van der Waals surface area contributed by atoms with E-state index in [9.17, 15) is 4.79 Å². The SMILES string of the molecule is C=C(C)N[C@@H]1CCN(C(=O)CCC2CCN(c3ccc(C(C)(C)C)cc3)CC2)C1. The first-order valence-electron chi connectivity index (χ1n) is 11.3. The minimum atomic E-state index is 0.202. The molecule has 1 N–H and O–H groups in total. The van der Waals surface area contributed by atoms with Crippen molar-refractivity contribution in [3.63, 3.8) is 0 Å². The lowest BCUT2D eigenvalue weighted by Gasteiger charge is -2.34. The van der Waals surface area contributed by atoms with E-state index < -0.39 is 0 Å². The molecule has 160 valence electrons. The van der Waals surface area contributed by atoms with E-state index in [0.29, 0.717) is 24.3 Å². The lowest BCUT2D eigenvalue weighted by atomic mass is 9.87. The van der Waals surface area contributed by atoms with E-state index in [2.05, 4.69) is 61.8 Å². The second kappa shape index (κ2) is 9.23. The van der Waals surface area contributed by atoms with E-state index >= 15 is 0 Å². The summed E-state index contributed by atoms with van der Waals surface area (Å²) in [4.78, 5) is 17.1. The quantitative estimate of drug-likeness (QED) is 0.755. The lowest BCUT2D eigenvalue weighted by molar-refractivity contribution is -0.130. The first-order valence-corrected chi connectivity index (χ1v) is 11.3. The molecule has 1 aromatic carbocycles. The predicted octanol–water partition coefficient (Wildman–Crippen LogP) is 4.70. The van der Waals surface area contributed by atoms with Gasteiger partial charge in [-0.2, -0.15) is 0 Å². The molecule has 29 heavy (non-hydrogen) atoms. The van der Waals surface area contributed by atoms with Crippen LogP contribution in [-0.2, 0) is 10.2 Å². The molecule has 0 aliphatic carbocycles. The van der Waals surface area contributed by atoms with Crippen molar-refractivity contribution in [3.05, 3.63) is 42.1 Å². The zero-order valence-electron chi connectivity index (χ0n) is 18.8.